The Morgan fingerprint density at radius 1 is 1.00 bits per heavy atom. The van der Waals surface area contributed by atoms with E-state index in [-0.39, 0.29) is 0 Å². The van der Waals surface area contributed by atoms with Crippen molar-refractivity contribution in [1.29, 1.82) is 0 Å². The fourth-order valence-electron chi connectivity index (χ4n) is 7.88. The van der Waals surface area contributed by atoms with Gasteiger partial charge in [-0.3, -0.25) is 0 Å². The second kappa shape index (κ2) is 10.1. The molecule has 3 rings (SSSR count). The standard InChI is InChI=1S/C29H52O/c1-21(2)10-8-11-22(3)12-9-13-26-25-15-14-23-20-24(30-7)16-19-29(23,6)27(25)17-18-28(26,4)5/h8,11,21-27H,9-10,12-20H2,1-7H3/b11-8+/t22-,23?,24+,25?,26?,27?,29+/m1/s1. The molecule has 0 aromatic rings. The summed E-state index contributed by atoms with van der Waals surface area (Å²) in [7, 11) is 1.93. The maximum absolute atomic E-state index is 5.79. The van der Waals surface area contributed by atoms with Gasteiger partial charge in [0.2, 0.25) is 0 Å². The lowest BCUT2D eigenvalue weighted by atomic mass is 9.44. The molecule has 0 N–H and O–H groups in total. The average molecular weight is 417 g/mol. The Hall–Kier alpha value is -0.300. The lowest BCUT2D eigenvalue weighted by molar-refractivity contribution is -0.130. The van der Waals surface area contributed by atoms with Crippen LogP contribution in [0.3, 0.4) is 0 Å². The van der Waals surface area contributed by atoms with Crippen LogP contribution in [0, 0.1) is 46.3 Å². The van der Waals surface area contributed by atoms with Crippen molar-refractivity contribution in [3.8, 4) is 0 Å². The summed E-state index contributed by atoms with van der Waals surface area (Å²) in [4.78, 5) is 0. The lowest BCUT2D eigenvalue weighted by Crippen LogP contribution is -2.53. The Morgan fingerprint density at radius 3 is 2.47 bits per heavy atom. The van der Waals surface area contributed by atoms with Crippen LogP contribution in [-0.4, -0.2) is 13.2 Å². The Balaban J connectivity index is 1.61. The third-order valence-corrected chi connectivity index (χ3v) is 9.90. The van der Waals surface area contributed by atoms with Crippen molar-refractivity contribution in [2.45, 2.75) is 118 Å². The molecule has 30 heavy (non-hydrogen) atoms. The second-order valence-electron chi connectivity index (χ2n) is 12.8. The molecule has 1 heteroatoms. The molecule has 0 saturated heterocycles. The molecule has 3 fully saturated rings. The molecular formula is C29H52O. The highest BCUT2D eigenvalue weighted by atomic mass is 16.5. The number of ether oxygens (including phenoxy) is 1. The van der Waals surface area contributed by atoms with Gasteiger partial charge in [0.15, 0.2) is 0 Å². The van der Waals surface area contributed by atoms with Crippen LogP contribution >= 0.6 is 0 Å². The smallest absolute Gasteiger partial charge is 0.0574 e. The zero-order valence-electron chi connectivity index (χ0n) is 21.4. The Bertz CT molecular complexity index is 561. The van der Waals surface area contributed by atoms with Gasteiger partial charge in [0.1, 0.15) is 0 Å². The first-order valence-electron chi connectivity index (χ1n) is 13.4. The molecule has 0 amide bonds. The summed E-state index contributed by atoms with van der Waals surface area (Å²) >= 11 is 0. The molecule has 174 valence electrons. The van der Waals surface area contributed by atoms with Crippen LogP contribution in [0.5, 0.6) is 0 Å². The monoisotopic (exact) mass is 416 g/mol. The Morgan fingerprint density at radius 2 is 1.77 bits per heavy atom. The summed E-state index contributed by atoms with van der Waals surface area (Å²) in [5.74, 6) is 5.30. The van der Waals surface area contributed by atoms with Crippen molar-refractivity contribution < 1.29 is 4.74 Å². The van der Waals surface area contributed by atoms with Crippen LogP contribution in [0.25, 0.3) is 0 Å². The molecule has 0 radical (unpaired) electrons. The highest BCUT2D eigenvalue weighted by Gasteiger charge is 2.55. The fraction of sp³-hybridized carbons (Fsp3) is 0.931. The van der Waals surface area contributed by atoms with Crippen LogP contribution in [0.1, 0.15) is 112 Å². The molecule has 7 atom stereocenters. The van der Waals surface area contributed by atoms with E-state index >= 15 is 0 Å². The van der Waals surface area contributed by atoms with Crippen LogP contribution in [0.15, 0.2) is 12.2 Å². The molecule has 0 aromatic heterocycles. The van der Waals surface area contributed by atoms with Gasteiger partial charge in [-0.2, -0.15) is 0 Å². The van der Waals surface area contributed by atoms with E-state index in [9.17, 15) is 0 Å². The van der Waals surface area contributed by atoms with Crippen molar-refractivity contribution in [2.24, 2.45) is 46.3 Å². The van der Waals surface area contributed by atoms with Gasteiger partial charge in [-0.25, -0.2) is 0 Å². The summed E-state index contributed by atoms with van der Waals surface area (Å²) in [5.41, 5.74) is 1.12. The molecular weight excluding hydrogens is 364 g/mol. The van der Waals surface area contributed by atoms with Gasteiger partial charge < -0.3 is 4.74 Å². The van der Waals surface area contributed by atoms with Gasteiger partial charge >= 0.3 is 0 Å². The third-order valence-electron chi connectivity index (χ3n) is 9.90. The summed E-state index contributed by atoms with van der Waals surface area (Å²) in [5, 5.41) is 0. The van der Waals surface area contributed by atoms with Crippen LogP contribution < -0.4 is 0 Å². The normalized spacial score (nSPS) is 39.7. The molecule has 0 aromatic carbocycles. The van der Waals surface area contributed by atoms with Crippen molar-refractivity contribution in [1.82, 2.24) is 0 Å². The topological polar surface area (TPSA) is 9.23 Å². The first-order valence-corrected chi connectivity index (χ1v) is 13.4. The highest BCUT2D eigenvalue weighted by Crippen LogP contribution is 2.63. The Kier molecular flexibility index (Phi) is 8.19. The summed E-state index contributed by atoms with van der Waals surface area (Å²) < 4.78 is 5.79. The molecule has 1 nitrogen and oxygen atoms in total. The quantitative estimate of drug-likeness (QED) is 0.359. The minimum atomic E-state index is 0.528. The maximum Gasteiger partial charge on any atom is 0.0574 e. The number of hydrogen-bond donors (Lipinski definition) is 0. The van der Waals surface area contributed by atoms with E-state index in [2.05, 4.69) is 53.7 Å². The number of allylic oxidation sites excluding steroid dienone is 2. The number of methoxy groups -OCH3 is 1. The minimum absolute atomic E-state index is 0.528. The van der Waals surface area contributed by atoms with Gasteiger partial charge in [-0.05, 0) is 111 Å². The van der Waals surface area contributed by atoms with E-state index in [4.69, 9.17) is 4.74 Å². The van der Waals surface area contributed by atoms with E-state index in [1.165, 1.54) is 70.6 Å². The highest BCUT2D eigenvalue weighted by molar-refractivity contribution is 5.05. The van der Waals surface area contributed by atoms with Gasteiger partial charge in [-0.15, -0.1) is 0 Å². The van der Waals surface area contributed by atoms with Gasteiger partial charge in [0.05, 0.1) is 6.10 Å². The van der Waals surface area contributed by atoms with E-state index in [1.54, 1.807) is 0 Å². The average Bonchev–Trinajstić information content (AvgIpc) is 2.68. The molecule has 0 heterocycles. The zero-order chi connectivity index (χ0) is 21.9. The predicted molar refractivity (Wildman–Crippen MR) is 131 cm³/mol. The number of rotatable bonds is 8. The maximum atomic E-state index is 5.79. The van der Waals surface area contributed by atoms with Crippen LogP contribution in [0.2, 0.25) is 0 Å². The number of hydrogen-bond acceptors (Lipinski definition) is 1. The molecule has 0 bridgehead atoms. The number of fused-ring (bicyclic) bond motifs is 3. The van der Waals surface area contributed by atoms with E-state index in [1.807, 2.05) is 7.11 Å². The van der Waals surface area contributed by atoms with Crippen molar-refractivity contribution in [2.75, 3.05) is 7.11 Å². The lowest BCUT2D eigenvalue weighted by Gasteiger charge is -2.61. The molecule has 3 saturated carbocycles. The molecule has 3 aliphatic carbocycles. The van der Waals surface area contributed by atoms with Crippen LogP contribution in [-0.2, 0) is 4.74 Å². The summed E-state index contributed by atoms with van der Waals surface area (Å²) in [6.45, 7) is 14.9. The van der Waals surface area contributed by atoms with Crippen LogP contribution in [0.4, 0.5) is 0 Å². The van der Waals surface area contributed by atoms with E-state index in [0.29, 0.717) is 16.9 Å². The molecule has 0 aliphatic heterocycles. The first-order chi connectivity index (χ1) is 14.2. The minimum Gasteiger partial charge on any atom is -0.381 e. The summed E-state index contributed by atoms with van der Waals surface area (Å²) in [6, 6.07) is 0. The fourth-order valence-corrected chi connectivity index (χ4v) is 7.88. The van der Waals surface area contributed by atoms with Crippen molar-refractivity contribution >= 4 is 0 Å². The second-order valence-corrected chi connectivity index (χ2v) is 12.8. The van der Waals surface area contributed by atoms with Gasteiger partial charge in [-0.1, -0.05) is 60.1 Å². The van der Waals surface area contributed by atoms with E-state index in [0.717, 1.165) is 35.5 Å². The predicted octanol–water partition coefficient (Wildman–Crippen LogP) is 8.68. The van der Waals surface area contributed by atoms with Gasteiger partial charge in [0, 0.05) is 7.11 Å². The van der Waals surface area contributed by atoms with E-state index < -0.39 is 0 Å². The largest absolute Gasteiger partial charge is 0.381 e. The zero-order valence-corrected chi connectivity index (χ0v) is 21.4. The molecule has 4 unspecified atom stereocenters. The third kappa shape index (κ3) is 5.36. The Labute approximate surface area is 188 Å². The molecule has 0 spiro atoms. The van der Waals surface area contributed by atoms with Crippen molar-refractivity contribution in [3.05, 3.63) is 12.2 Å². The summed E-state index contributed by atoms with van der Waals surface area (Å²) in [6.07, 6.45) is 20.8. The van der Waals surface area contributed by atoms with Crippen molar-refractivity contribution in [3.63, 3.8) is 0 Å². The first kappa shape index (κ1) is 24.3. The van der Waals surface area contributed by atoms with Gasteiger partial charge in [0.25, 0.3) is 0 Å². The molecule has 3 aliphatic rings. The SMILES string of the molecule is CO[C@H]1CC[C@@]2(C)C(CCC3C(CCC[C@H](C)/C=C/CC(C)C)C(C)(C)CCC32)C1.